The molecule has 0 unspecified atom stereocenters. The van der Waals surface area contributed by atoms with Gasteiger partial charge in [0, 0.05) is 12.7 Å². The van der Waals surface area contributed by atoms with Crippen LogP contribution in [-0.4, -0.2) is 46.9 Å². The van der Waals surface area contributed by atoms with Gasteiger partial charge in [0.15, 0.2) is 5.69 Å². The number of hydrogen-bond acceptors (Lipinski definition) is 6. The summed E-state index contributed by atoms with van der Waals surface area (Å²) < 4.78 is 33.6. The third kappa shape index (κ3) is 3.55. The Kier molecular flexibility index (Phi) is 5.73. The average molecular weight is 534 g/mol. The second-order valence-electron chi connectivity index (χ2n) is 10.0. The molecule has 9 nitrogen and oxygen atoms in total. The predicted molar refractivity (Wildman–Crippen MR) is 141 cm³/mol. The fourth-order valence-corrected chi connectivity index (χ4v) is 9.16. The second-order valence-corrected chi connectivity index (χ2v) is 13.8. The number of imidazole rings is 1. The van der Waals surface area contributed by atoms with E-state index in [0.29, 0.717) is 29.3 Å². The number of halogens is 2. The molecule has 3 aromatic heterocycles. The molecule has 4 N–H and O–H groups in total. The van der Waals surface area contributed by atoms with Crippen molar-refractivity contribution in [1.82, 2.24) is 19.1 Å². The van der Waals surface area contributed by atoms with Crippen LogP contribution in [-0.2, 0) is 15.7 Å². The third-order valence-corrected chi connectivity index (χ3v) is 11.9. The molecule has 3 aromatic rings. The standard InChI is InChI=1S/C24H29ClFN7O2S/c1-13-19(31-18-10-7-14(25)12-33(13)18)21(34)30-17-9-8-15(26)20(29-17)24(4)16-6-5-11-28-36(16,35)23(2,3)22(27)32-24/h7-10,12,16,36H,5-6,11H2,1-4H3,(H2,27,32)(H,28,35)(H,29,30,34)/t16-,24-/m0/s1. The van der Waals surface area contributed by atoms with Crippen molar-refractivity contribution in [2.45, 2.75) is 56.1 Å². The van der Waals surface area contributed by atoms with E-state index in [1.807, 2.05) is 13.8 Å². The minimum Gasteiger partial charge on any atom is -0.386 e. The van der Waals surface area contributed by atoms with Crippen molar-refractivity contribution in [2.24, 2.45) is 10.7 Å². The lowest BCUT2D eigenvalue weighted by molar-refractivity contribution is 0.102. The van der Waals surface area contributed by atoms with Gasteiger partial charge < -0.3 is 15.5 Å². The van der Waals surface area contributed by atoms with E-state index in [1.54, 1.807) is 36.6 Å². The predicted octanol–water partition coefficient (Wildman–Crippen LogP) is 3.13. The van der Waals surface area contributed by atoms with Crippen LogP contribution in [0.2, 0.25) is 5.02 Å². The molecule has 12 heteroatoms. The van der Waals surface area contributed by atoms with Crippen LogP contribution >= 0.6 is 11.6 Å². The molecule has 36 heavy (non-hydrogen) atoms. The van der Waals surface area contributed by atoms with Crippen molar-refractivity contribution in [3.63, 3.8) is 0 Å². The van der Waals surface area contributed by atoms with Crippen molar-refractivity contribution in [3.8, 4) is 0 Å². The Balaban J connectivity index is 1.54. The van der Waals surface area contributed by atoms with E-state index < -0.39 is 37.4 Å². The zero-order chi connectivity index (χ0) is 26.0. The highest BCUT2D eigenvalue weighted by molar-refractivity contribution is 8.04. The van der Waals surface area contributed by atoms with E-state index in [0.717, 1.165) is 6.42 Å². The first kappa shape index (κ1) is 24.8. The monoisotopic (exact) mass is 533 g/mol. The molecule has 0 aliphatic carbocycles. The van der Waals surface area contributed by atoms with Gasteiger partial charge >= 0.3 is 0 Å². The van der Waals surface area contributed by atoms with Gasteiger partial charge in [0.05, 0.1) is 20.7 Å². The zero-order valence-corrected chi connectivity index (χ0v) is 22.1. The molecule has 0 radical (unpaired) electrons. The van der Waals surface area contributed by atoms with E-state index >= 15 is 4.39 Å². The number of thiol groups is 1. The summed E-state index contributed by atoms with van der Waals surface area (Å²) in [7, 11) is -3.12. The first-order chi connectivity index (χ1) is 16.9. The van der Waals surface area contributed by atoms with Gasteiger partial charge in [0.2, 0.25) is 0 Å². The maximum atomic E-state index is 15.3. The van der Waals surface area contributed by atoms with Gasteiger partial charge in [-0.3, -0.25) is 18.7 Å². The Morgan fingerprint density at radius 3 is 2.78 bits per heavy atom. The number of pyridine rings is 2. The molecular formula is C24H29ClFN7O2S. The fourth-order valence-electron chi connectivity index (χ4n) is 5.29. The molecule has 5 rings (SSSR count). The largest absolute Gasteiger partial charge is 0.386 e. The van der Waals surface area contributed by atoms with Crippen LogP contribution in [0.15, 0.2) is 35.5 Å². The second kappa shape index (κ2) is 8.32. The zero-order valence-electron chi connectivity index (χ0n) is 20.5. The summed E-state index contributed by atoms with van der Waals surface area (Å²) in [6.45, 7) is 7.68. The van der Waals surface area contributed by atoms with Crippen LogP contribution < -0.4 is 15.8 Å². The molecule has 0 bridgehead atoms. The molecule has 192 valence electrons. The molecule has 1 amide bonds. The number of nitrogens with one attached hydrogen (secondary N) is 2. The molecule has 0 aromatic carbocycles. The van der Waals surface area contributed by atoms with Crippen molar-refractivity contribution in [1.29, 1.82) is 0 Å². The van der Waals surface area contributed by atoms with E-state index in [1.165, 1.54) is 12.1 Å². The van der Waals surface area contributed by atoms with Gasteiger partial charge in [-0.15, -0.1) is 0 Å². The summed E-state index contributed by atoms with van der Waals surface area (Å²) in [6, 6.07) is 6.01. The van der Waals surface area contributed by atoms with Gasteiger partial charge in [-0.2, -0.15) is 0 Å². The van der Waals surface area contributed by atoms with Gasteiger partial charge in [0.25, 0.3) is 5.91 Å². The molecule has 2 atom stereocenters. The number of nitrogens with two attached hydrogens (primary N) is 1. The van der Waals surface area contributed by atoms with E-state index in [4.69, 9.17) is 22.3 Å². The van der Waals surface area contributed by atoms with Crippen LogP contribution in [0.4, 0.5) is 10.2 Å². The molecule has 1 saturated heterocycles. The topological polar surface area (TPSA) is 127 Å². The number of nitrogens with zero attached hydrogens (tertiary/aromatic N) is 4. The van der Waals surface area contributed by atoms with Crippen LogP contribution in [0.5, 0.6) is 0 Å². The summed E-state index contributed by atoms with van der Waals surface area (Å²) in [5, 5.41) is 2.73. The third-order valence-electron chi connectivity index (χ3n) is 7.50. The highest BCUT2D eigenvalue weighted by Gasteiger charge is 2.57. The highest BCUT2D eigenvalue weighted by Crippen LogP contribution is 2.48. The summed E-state index contributed by atoms with van der Waals surface area (Å²) in [6.07, 6.45) is 3.03. The lowest BCUT2D eigenvalue weighted by Gasteiger charge is -2.55. The van der Waals surface area contributed by atoms with Crippen molar-refractivity contribution in [3.05, 3.63) is 58.4 Å². The normalized spacial score (nSPS) is 25.6. The average Bonchev–Trinajstić information content (AvgIpc) is 3.15. The Morgan fingerprint density at radius 1 is 1.28 bits per heavy atom. The number of carbonyl (C=O) groups is 1. The number of hydrogen-bond donors (Lipinski definition) is 4. The van der Waals surface area contributed by atoms with E-state index in [-0.39, 0.29) is 23.0 Å². The first-order valence-electron chi connectivity index (χ1n) is 11.7. The maximum absolute atomic E-state index is 15.3. The quantitative estimate of drug-likeness (QED) is 0.385. The molecule has 0 saturated carbocycles. The molecule has 2 aliphatic heterocycles. The fraction of sp³-hybridized carbons (Fsp3) is 0.417. The Morgan fingerprint density at radius 2 is 2.03 bits per heavy atom. The van der Waals surface area contributed by atoms with Crippen LogP contribution in [0, 0.1) is 12.7 Å². The lowest BCUT2D eigenvalue weighted by atomic mass is 9.89. The summed E-state index contributed by atoms with van der Waals surface area (Å²) in [5.74, 6) is -0.791. The molecule has 2 aliphatic rings. The Bertz CT molecular complexity index is 1490. The van der Waals surface area contributed by atoms with Crippen molar-refractivity contribution in [2.75, 3.05) is 11.9 Å². The number of amides is 1. The van der Waals surface area contributed by atoms with Crippen molar-refractivity contribution < 1.29 is 13.4 Å². The van der Waals surface area contributed by atoms with Crippen LogP contribution in [0.25, 0.3) is 5.65 Å². The SMILES string of the molecule is Cc1c(C(=O)Nc2ccc(F)c([C@@]3(C)N=C(N)C(C)(C)[SH]4(=O)NCCC[C@@H]34)n2)nc2ccc(Cl)cn12. The molecule has 0 spiro atoms. The number of fused-ring (bicyclic) bond motifs is 2. The van der Waals surface area contributed by atoms with Crippen molar-refractivity contribution >= 4 is 44.9 Å². The van der Waals surface area contributed by atoms with Gasteiger partial charge in [-0.05, 0) is 74.9 Å². The Labute approximate surface area is 214 Å². The first-order valence-corrected chi connectivity index (χ1v) is 13.9. The number of aryl methyl sites for hydroxylation is 1. The smallest absolute Gasteiger partial charge is 0.277 e. The number of aromatic nitrogens is 3. The van der Waals surface area contributed by atoms with Gasteiger partial charge in [0.1, 0.15) is 34.4 Å². The minimum atomic E-state index is -3.12. The minimum absolute atomic E-state index is 0.00817. The number of aliphatic imine (C=N–C) groups is 1. The van der Waals surface area contributed by atoms with Gasteiger partial charge in [-0.25, -0.2) is 14.4 Å². The number of amidine groups is 1. The Hall–Kier alpha value is -2.89. The molecular weight excluding hydrogens is 505 g/mol. The molecule has 1 fully saturated rings. The number of anilines is 1. The molecule has 5 heterocycles. The number of carbonyl (C=O) groups excluding carboxylic acids is 1. The van der Waals surface area contributed by atoms with E-state index in [9.17, 15) is 9.00 Å². The summed E-state index contributed by atoms with van der Waals surface area (Å²) in [4.78, 5) is 26.6. The van der Waals surface area contributed by atoms with E-state index in [2.05, 4.69) is 20.0 Å². The lowest BCUT2D eigenvalue weighted by Crippen LogP contribution is -2.69. The van der Waals surface area contributed by atoms with Gasteiger partial charge in [-0.1, -0.05) is 11.6 Å². The summed E-state index contributed by atoms with van der Waals surface area (Å²) in [5.41, 5.74) is 6.40. The summed E-state index contributed by atoms with van der Waals surface area (Å²) >= 11 is 6.08. The maximum Gasteiger partial charge on any atom is 0.277 e. The van der Waals surface area contributed by atoms with Crippen LogP contribution in [0.3, 0.4) is 0 Å². The van der Waals surface area contributed by atoms with Crippen LogP contribution in [0.1, 0.15) is 55.5 Å². The highest BCUT2D eigenvalue weighted by atomic mass is 35.5. The number of rotatable bonds is 3.